The molecule has 0 radical (unpaired) electrons. The molecule has 1 saturated heterocycles. The number of amides is 1. The van der Waals surface area contributed by atoms with Gasteiger partial charge in [-0.2, -0.15) is 0 Å². The fraction of sp³-hybridized carbons (Fsp3) is 0.250. The summed E-state index contributed by atoms with van der Waals surface area (Å²) in [6.45, 7) is 2.59. The first kappa shape index (κ1) is 31.4. The molecule has 1 aliphatic rings. The molecule has 0 bridgehead atoms. The third-order valence-electron chi connectivity index (χ3n) is 6.98. The molecule has 0 saturated carbocycles. The van der Waals surface area contributed by atoms with E-state index in [4.69, 9.17) is 25.8 Å². The maximum Gasteiger partial charge on any atom is 0.301 e. The van der Waals surface area contributed by atoms with E-state index in [1.165, 1.54) is 42.2 Å². The van der Waals surface area contributed by atoms with Crippen molar-refractivity contribution < 1.29 is 28.9 Å². The van der Waals surface area contributed by atoms with Crippen molar-refractivity contribution in [3.63, 3.8) is 0 Å². The van der Waals surface area contributed by atoms with Crippen LogP contribution in [0.25, 0.3) is 5.76 Å². The molecule has 228 valence electrons. The van der Waals surface area contributed by atoms with E-state index in [0.717, 1.165) is 18.4 Å². The Hall–Kier alpha value is -4.06. The molecule has 0 aliphatic carbocycles. The highest BCUT2D eigenvalue weighted by Crippen LogP contribution is 2.46. The molecule has 5 rings (SSSR count). The first-order chi connectivity index (χ1) is 21.4. The lowest BCUT2D eigenvalue weighted by Crippen LogP contribution is -2.29. The van der Waals surface area contributed by atoms with Crippen molar-refractivity contribution >= 4 is 57.3 Å². The van der Waals surface area contributed by atoms with Gasteiger partial charge < -0.3 is 19.3 Å². The summed E-state index contributed by atoms with van der Waals surface area (Å²) in [5.74, 6) is 0.103. The molecule has 9 nitrogen and oxygen atoms in total. The van der Waals surface area contributed by atoms with E-state index in [1.54, 1.807) is 42.5 Å². The number of anilines is 1. The topological polar surface area (TPSA) is 111 Å². The van der Waals surface area contributed by atoms with Crippen LogP contribution in [0.1, 0.15) is 42.5 Å². The molecule has 0 spiro atoms. The Morgan fingerprint density at radius 1 is 1.02 bits per heavy atom. The van der Waals surface area contributed by atoms with Crippen LogP contribution in [0.5, 0.6) is 17.2 Å². The van der Waals surface area contributed by atoms with Crippen LogP contribution in [-0.4, -0.2) is 47.8 Å². The summed E-state index contributed by atoms with van der Waals surface area (Å²) in [6, 6.07) is 18.3. The van der Waals surface area contributed by atoms with E-state index in [9.17, 15) is 14.7 Å². The van der Waals surface area contributed by atoms with Gasteiger partial charge in [0, 0.05) is 16.3 Å². The average Bonchev–Trinajstić information content (AvgIpc) is 3.62. The largest absolute Gasteiger partial charge is 0.507 e. The molecule has 1 aliphatic heterocycles. The Balaban J connectivity index is 1.56. The number of methoxy groups -OCH3 is 2. The SMILES string of the molecule is CCCCOc1ccc(C2/C(=C(/O)c3ccc(OC)cc3)C(=O)C(=O)N2c2nnc(SCc3ccccc3Cl)s2)cc1OC. The van der Waals surface area contributed by atoms with Gasteiger partial charge in [0.15, 0.2) is 15.8 Å². The van der Waals surface area contributed by atoms with Crippen LogP contribution in [0, 0.1) is 0 Å². The average molecular weight is 652 g/mol. The second-order valence-corrected chi connectivity index (χ2v) is 12.3. The number of carbonyl (C=O) groups excluding carboxylic acids is 2. The Labute approximate surface area is 268 Å². The second-order valence-electron chi connectivity index (χ2n) is 9.74. The molecule has 1 unspecified atom stereocenters. The van der Waals surface area contributed by atoms with Crippen LogP contribution >= 0.6 is 34.7 Å². The van der Waals surface area contributed by atoms with Crippen molar-refractivity contribution in [3.8, 4) is 17.2 Å². The normalized spacial score (nSPS) is 15.9. The highest BCUT2D eigenvalue weighted by molar-refractivity contribution is 8.00. The van der Waals surface area contributed by atoms with E-state index < -0.39 is 17.7 Å². The van der Waals surface area contributed by atoms with Gasteiger partial charge in [0.05, 0.1) is 32.4 Å². The lowest BCUT2D eigenvalue weighted by Gasteiger charge is -2.23. The number of aliphatic hydroxyl groups excluding tert-OH is 1. The van der Waals surface area contributed by atoms with Crippen molar-refractivity contribution in [2.24, 2.45) is 0 Å². The third-order valence-corrected chi connectivity index (χ3v) is 9.45. The molecule has 44 heavy (non-hydrogen) atoms. The number of nitrogens with zero attached hydrogens (tertiary/aromatic N) is 3. The Morgan fingerprint density at radius 2 is 1.80 bits per heavy atom. The molecular formula is C32H30ClN3O6S2. The molecule has 1 amide bonds. The summed E-state index contributed by atoms with van der Waals surface area (Å²) in [7, 11) is 3.06. The van der Waals surface area contributed by atoms with Gasteiger partial charge in [-0.3, -0.25) is 14.5 Å². The van der Waals surface area contributed by atoms with Crippen molar-refractivity contribution in [2.75, 3.05) is 25.7 Å². The van der Waals surface area contributed by atoms with Crippen LogP contribution < -0.4 is 19.1 Å². The zero-order valence-electron chi connectivity index (χ0n) is 24.3. The van der Waals surface area contributed by atoms with Gasteiger partial charge in [0.2, 0.25) is 5.13 Å². The zero-order chi connectivity index (χ0) is 31.2. The maximum absolute atomic E-state index is 13.6. The van der Waals surface area contributed by atoms with Gasteiger partial charge in [0.1, 0.15) is 11.5 Å². The molecule has 4 aromatic rings. The molecule has 3 aromatic carbocycles. The maximum atomic E-state index is 13.6. The van der Waals surface area contributed by atoms with Gasteiger partial charge >= 0.3 is 5.91 Å². The van der Waals surface area contributed by atoms with Crippen LogP contribution in [0.2, 0.25) is 5.02 Å². The van der Waals surface area contributed by atoms with E-state index >= 15 is 0 Å². The van der Waals surface area contributed by atoms with Crippen LogP contribution in [0.15, 0.2) is 76.6 Å². The summed E-state index contributed by atoms with van der Waals surface area (Å²) >= 11 is 8.91. The Bertz CT molecular complexity index is 1690. The van der Waals surface area contributed by atoms with E-state index in [-0.39, 0.29) is 16.5 Å². The predicted octanol–water partition coefficient (Wildman–Crippen LogP) is 7.31. The van der Waals surface area contributed by atoms with Crippen molar-refractivity contribution in [1.82, 2.24) is 10.2 Å². The number of thioether (sulfide) groups is 1. The number of ether oxygens (including phenoxy) is 3. The summed E-state index contributed by atoms with van der Waals surface area (Å²) in [5, 5.41) is 20.9. The minimum Gasteiger partial charge on any atom is -0.507 e. The van der Waals surface area contributed by atoms with Crippen LogP contribution in [0.3, 0.4) is 0 Å². The summed E-state index contributed by atoms with van der Waals surface area (Å²) in [4.78, 5) is 28.5. The standard InChI is InChI=1S/C32H30ClN3O6S2/c1-4-5-16-42-24-15-12-20(17-25(24)41-3)27-26(28(37)19-10-13-22(40-2)14-11-19)29(38)30(39)36(27)31-34-35-32(44-31)43-18-21-8-6-7-9-23(21)33/h6-15,17,27,37H,4-5,16,18H2,1-3H3/b28-26-. The van der Waals surface area contributed by atoms with Crippen molar-refractivity contribution in [1.29, 1.82) is 0 Å². The molecule has 1 aromatic heterocycles. The number of halogens is 1. The Kier molecular flexibility index (Phi) is 10.1. The fourth-order valence-corrected chi connectivity index (χ4v) is 6.82. The highest BCUT2D eigenvalue weighted by Gasteiger charge is 2.48. The number of rotatable bonds is 12. The number of unbranched alkanes of at least 4 members (excludes halogenated alkanes) is 1. The van der Waals surface area contributed by atoms with E-state index in [0.29, 0.717) is 50.1 Å². The number of aliphatic hydroxyl groups is 1. The van der Waals surface area contributed by atoms with Gasteiger partial charge in [0.25, 0.3) is 5.78 Å². The minimum absolute atomic E-state index is 0.0812. The van der Waals surface area contributed by atoms with Crippen LogP contribution in [-0.2, 0) is 15.3 Å². The summed E-state index contributed by atoms with van der Waals surface area (Å²) < 4.78 is 17.3. The fourth-order valence-electron chi connectivity index (χ4n) is 4.66. The highest BCUT2D eigenvalue weighted by atomic mass is 35.5. The van der Waals surface area contributed by atoms with E-state index in [2.05, 4.69) is 17.1 Å². The molecule has 2 heterocycles. The van der Waals surface area contributed by atoms with Crippen molar-refractivity contribution in [2.45, 2.75) is 35.9 Å². The lowest BCUT2D eigenvalue weighted by molar-refractivity contribution is -0.132. The smallest absolute Gasteiger partial charge is 0.301 e. The second kappa shape index (κ2) is 14.1. The van der Waals surface area contributed by atoms with Gasteiger partial charge in [-0.1, -0.05) is 72.3 Å². The Morgan fingerprint density at radius 3 is 2.50 bits per heavy atom. The number of benzene rings is 3. The number of hydrogen-bond donors (Lipinski definition) is 1. The molecule has 12 heteroatoms. The van der Waals surface area contributed by atoms with Gasteiger partial charge in [-0.25, -0.2) is 0 Å². The number of Topliss-reactive ketones (excluding diaryl/α,β-unsaturated/α-hetero) is 1. The van der Waals surface area contributed by atoms with Gasteiger partial charge in [-0.05, 0) is 60.0 Å². The first-order valence-electron chi connectivity index (χ1n) is 13.8. The minimum atomic E-state index is -1.01. The summed E-state index contributed by atoms with van der Waals surface area (Å²) in [5.41, 5.74) is 1.74. The molecule has 1 fully saturated rings. The van der Waals surface area contributed by atoms with Crippen molar-refractivity contribution in [3.05, 3.63) is 94.0 Å². The number of aromatic nitrogens is 2. The first-order valence-corrected chi connectivity index (χ1v) is 16.0. The molecule has 1 atom stereocenters. The zero-order valence-corrected chi connectivity index (χ0v) is 26.7. The summed E-state index contributed by atoms with van der Waals surface area (Å²) in [6.07, 6.45) is 1.85. The lowest BCUT2D eigenvalue weighted by atomic mass is 9.95. The van der Waals surface area contributed by atoms with Crippen LogP contribution in [0.4, 0.5) is 5.13 Å². The quantitative estimate of drug-likeness (QED) is 0.0421. The monoisotopic (exact) mass is 651 g/mol. The number of hydrogen-bond acceptors (Lipinski definition) is 10. The third kappa shape index (κ3) is 6.54. The predicted molar refractivity (Wildman–Crippen MR) is 172 cm³/mol. The molecular weight excluding hydrogens is 622 g/mol. The van der Waals surface area contributed by atoms with E-state index in [1.807, 2.05) is 24.3 Å². The number of ketones is 1. The molecule has 1 N–H and O–H groups in total. The van der Waals surface area contributed by atoms with Gasteiger partial charge in [-0.15, -0.1) is 10.2 Å². The number of carbonyl (C=O) groups is 2.